The van der Waals surface area contributed by atoms with Gasteiger partial charge in [0.25, 0.3) is 0 Å². The second-order valence-corrected chi connectivity index (χ2v) is 4.78. The van der Waals surface area contributed by atoms with Crippen LogP contribution in [0.2, 0.25) is 5.02 Å². The molecule has 0 amide bonds. The Kier molecular flexibility index (Phi) is 4.02. The largest absolute Gasteiger partial charge is 0.488 e. The van der Waals surface area contributed by atoms with E-state index in [2.05, 4.69) is 15.9 Å². The number of hydrogen-bond donors (Lipinski definition) is 0. The predicted molar refractivity (Wildman–Crippen MR) is 69.9 cm³/mol. The molecule has 0 saturated heterocycles. The normalized spacial score (nSPS) is 10.3. The van der Waals surface area contributed by atoms with Crippen LogP contribution < -0.4 is 4.74 Å². The Morgan fingerprint density at radius 1 is 1.18 bits per heavy atom. The van der Waals surface area contributed by atoms with Gasteiger partial charge in [0.15, 0.2) is 0 Å². The van der Waals surface area contributed by atoms with Crippen molar-refractivity contribution in [2.45, 2.75) is 6.61 Å². The fourth-order valence-corrected chi connectivity index (χ4v) is 1.95. The fourth-order valence-electron chi connectivity index (χ4n) is 1.38. The van der Waals surface area contributed by atoms with Gasteiger partial charge in [-0.1, -0.05) is 23.7 Å². The van der Waals surface area contributed by atoms with Crippen molar-refractivity contribution in [3.8, 4) is 5.75 Å². The van der Waals surface area contributed by atoms with Gasteiger partial charge >= 0.3 is 0 Å². The first-order valence-corrected chi connectivity index (χ1v) is 6.14. The number of rotatable bonds is 3. The minimum atomic E-state index is -0.325. The molecular weight excluding hydrogens is 306 g/mol. The van der Waals surface area contributed by atoms with Crippen molar-refractivity contribution in [1.82, 2.24) is 0 Å². The van der Waals surface area contributed by atoms with E-state index in [1.165, 1.54) is 12.1 Å². The molecule has 2 rings (SSSR count). The van der Waals surface area contributed by atoms with E-state index < -0.39 is 0 Å². The summed E-state index contributed by atoms with van der Waals surface area (Å²) in [6.07, 6.45) is 0. The molecule has 0 radical (unpaired) electrons. The van der Waals surface area contributed by atoms with E-state index in [4.69, 9.17) is 16.3 Å². The van der Waals surface area contributed by atoms with Crippen LogP contribution in [0.3, 0.4) is 0 Å². The van der Waals surface area contributed by atoms with Crippen molar-refractivity contribution in [2.24, 2.45) is 0 Å². The lowest BCUT2D eigenvalue weighted by atomic mass is 10.2. The van der Waals surface area contributed by atoms with Crippen LogP contribution in [0.5, 0.6) is 5.75 Å². The highest BCUT2D eigenvalue weighted by Crippen LogP contribution is 2.26. The number of halogens is 3. The SMILES string of the molecule is Fc1ccc(Br)c(OCc2cccc(Cl)c2)c1. The first-order chi connectivity index (χ1) is 8.15. The molecular formula is C13H9BrClFO. The van der Waals surface area contributed by atoms with E-state index in [1.807, 2.05) is 18.2 Å². The summed E-state index contributed by atoms with van der Waals surface area (Å²) < 4.78 is 19.3. The molecule has 0 spiro atoms. The average molecular weight is 316 g/mol. The highest BCUT2D eigenvalue weighted by molar-refractivity contribution is 9.10. The van der Waals surface area contributed by atoms with Crippen LogP contribution in [0, 0.1) is 5.82 Å². The van der Waals surface area contributed by atoms with Crippen molar-refractivity contribution < 1.29 is 9.13 Å². The third kappa shape index (κ3) is 3.45. The summed E-state index contributed by atoms with van der Waals surface area (Å²) in [5.74, 6) is 0.152. The molecule has 4 heteroatoms. The molecule has 0 fully saturated rings. The van der Waals surface area contributed by atoms with Crippen molar-refractivity contribution in [3.63, 3.8) is 0 Å². The molecule has 0 unspecified atom stereocenters. The molecule has 0 aliphatic carbocycles. The van der Waals surface area contributed by atoms with E-state index in [-0.39, 0.29) is 5.82 Å². The minimum absolute atomic E-state index is 0.325. The Bertz CT molecular complexity index is 531. The average Bonchev–Trinajstić information content (AvgIpc) is 2.30. The topological polar surface area (TPSA) is 9.23 Å². The van der Waals surface area contributed by atoms with Gasteiger partial charge in [0.1, 0.15) is 18.2 Å². The smallest absolute Gasteiger partial charge is 0.136 e. The van der Waals surface area contributed by atoms with Gasteiger partial charge in [-0.3, -0.25) is 0 Å². The Labute approximate surface area is 112 Å². The first-order valence-electron chi connectivity index (χ1n) is 4.97. The molecule has 0 saturated carbocycles. The molecule has 0 atom stereocenters. The molecule has 88 valence electrons. The maximum atomic E-state index is 13.0. The second kappa shape index (κ2) is 5.52. The number of ether oxygens (including phenoxy) is 1. The molecule has 0 aromatic heterocycles. The number of hydrogen-bond acceptors (Lipinski definition) is 1. The zero-order valence-electron chi connectivity index (χ0n) is 8.79. The Hall–Kier alpha value is -1.06. The molecule has 0 bridgehead atoms. The molecule has 1 nitrogen and oxygen atoms in total. The third-order valence-electron chi connectivity index (χ3n) is 2.18. The third-order valence-corrected chi connectivity index (χ3v) is 3.07. The van der Waals surface area contributed by atoms with Crippen molar-refractivity contribution in [1.29, 1.82) is 0 Å². The Morgan fingerprint density at radius 3 is 2.76 bits per heavy atom. The molecule has 17 heavy (non-hydrogen) atoms. The molecule has 0 N–H and O–H groups in total. The Morgan fingerprint density at radius 2 is 2.00 bits per heavy atom. The van der Waals surface area contributed by atoms with Crippen molar-refractivity contribution >= 4 is 27.5 Å². The molecule has 0 aliphatic rings. The maximum Gasteiger partial charge on any atom is 0.136 e. The Balaban J connectivity index is 2.09. The van der Waals surface area contributed by atoms with E-state index in [1.54, 1.807) is 12.1 Å². The van der Waals surface area contributed by atoms with E-state index in [0.717, 1.165) is 10.0 Å². The van der Waals surface area contributed by atoms with Gasteiger partial charge in [-0.15, -0.1) is 0 Å². The maximum absolute atomic E-state index is 13.0. The number of benzene rings is 2. The van der Waals surface area contributed by atoms with Gasteiger partial charge in [-0.25, -0.2) is 4.39 Å². The van der Waals surface area contributed by atoms with Crippen LogP contribution in [-0.2, 0) is 6.61 Å². The van der Waals surface area contributed by atoms with Crippen LogP contribution in [0.15, 0.2) is 46.9 Å². The van der Waals surface area contributed by atoms with Gasteiger partial charge in [-0.05, 0) is 45.8 Å². The van der Waals surface area contributed by atoms with E-state index >= 15 is 0 Å². The highest BCUT2D eigenvalue weighted by atomic mass is 79.9. The van der Waals surface area contributed by atoms with E-state index in [0.29, 0.717) is 17.4 Å². The minimum Gasteiger partial charge on any atom is -0.488 e. The summed E-state index contributed by atoms with van der Waals surface area (Å²) in [4.78, 5) is 0. The lowest BCUT2D eigenvalue weighted by Gasteiger charge is -2.08. The standard InChI is InChI=1S/C13H9BrClFO/c14-12-5-4-11(16)7-13(12)17-8-9-2-1-3-10(15)6-9/h1-7H,8H2. The van der Waals surface area contributed by atoms with Crippen LogP contribution in [0.4, 0.5) is 4.39 Å². The van der Waals surface area contributed by atoms with Crippen LogP contribution in [-0.4, -0.2) is 0 Å². The lowest BCUT2D eigenvalue weighted by molar-refractivity contribution is 0.302. The van der Waals surface area contributed by atoms with Crippen LogP contribution in [0.1, 0.15) is 5.56 Å². The zero-order chi connectivity index (χ0) is 12.3. The monoisotopic (exact) mass is 314 g/mol. The predicted octanol–water partition coefficient (Wildman–Crippen LogP) is 4.82. The summed E-state index contributed by atoms with van der Waals surface area (Å²) in [7, 11) is 0. The molecule has 0 aliphatic heterocycles. The van der Waals surface area contributed by atoms with Gasteiger partial charge in [-0.2, -0.15) is 0 Å². The molecule has 2 aromatic carbocycles. The quantitative estimate of drug-likeness (QED) is 0.789. The van der Waals surface area contributed by atoms with Crippen molar-refractivity contribution in [2.75, 3.05) is 0 Å². The van der Waals surface area contributed by atoms with Gasteiger partial charge in [0, 0.05) is 11.1 Å². The summed E-state index contributed by atoms with van der Waals surface area (Å²) in [6, 6.07) is 11.7. The summed E-state index contributed by atoms with van der Waals surface area (Å²) in [5, 5.41) is 0.657. The van der Waals surface area contributed by atoms with Crippen LogP contribution >= 0.6 is 27.5 Å². The second-order valence-electron chi connectivity index (χ2n) is 3.49. The van der Waals surface area contributed by atoms with Gasteiger partial charge in [0.2, 0.25) is 0 Å². The molecule has 2 aromatic rings. The summed E-state index contributed by atoms with van der Waals surface area (Å²) in [5.41, 5.74) is 0.939. The highest BCUT2D eigenvalue weighted by Gasteiger charge is 2.03. The fraction of sp³-hybridized carbons (Fsp3) is 0.0769. The van der Waals surface area contributed by atoms with E-state index in [9.17, 15) is 4.39 Å². The van der Waals surface area contributed by atoms with Gasteiger partial charge < -0.3 is 4.74 Å². The summed E-state index contributed by atoms with van der Waals surface area (Å²) >= 11 is 9.16. The molecule has 0 heterocycles. The van der Waals surface area contributed by atoms with Crippen LogP contribution in [0.25, 0.3) is 0 Å². The first kappa shape index (κ1) is 12.4. The van der Waals surface area contributed by atoms with Gasteiger partial charge in [0.05, 0.1) is 4.47 Å². The zero-order valence-corrected chi connectivity index (χ0v) is 11.1. The summed E-state index contributed by atoms with van der Waals surface area (Å²) in [6.45, 7) is 0.350. The van der Waals surface area contributed by atoms with Crippen molar-refractivity contribution in [3.05, 3.63) is 63.3 Å². The lowest BCUT2D eigenvalue weighted by Crippen LogP contribution is -1.96.